The molecule has 100 valence electrons. The summed E-state index contributed by atoms with van der Waals surface area (Å²) in [6.45, 7) is 0. The lowest BCUT2D eigenvalue weighted by Crippen LogP contribution is -2.02. The van der Waals surface area contributed by atoms with Crippen molar-refractivity contribution in [3.8, 4) is 0 Å². The van der Waals surface area contributed by atoms with Gasteiger partial charge in [-0.2, -0.15) is 0 Å². The molecule has 2 aromatic rings. The van der Waals surface area contributed by atoms with E-state index in [1.54, 1.807) is 18.3 Å². The summed E-state index contributed by atoms with van der Waals surface area (Å²) in [6, 6.07) is 4.99. The first-order valence-corrected chi connectivity index (χ1v) is 6.99. The Balaban J connectivity index is 2.23. The van der Waals surface area contributed by atoms with E-state index < -0.39 is 0 Å². The van der Waals surface area contributed by atoms with Crippen LogP contribution in [-0.2, 0) is 9.53 Å². The van der Waals surface area contributed by atoms with Crippen LogP contribution in [0.5, 0.6) is 0 Å². The molecule has 0 unspecified atom stereocenters. The highest BCUT2D eigenvalue weighted by Crippen LogP contribution is 2.31. The number of carbonyl (C=O) groups excluding carboxylic acids is 1. The molecule has 1 heterocycles. The highest BCUT2D eigenvalue weighted by Gasteiger charge is 2.09. The standard InChI is InChI=1S/C13H12ClNO3S/c1-18-11(17)5-7-19-10-3-2-8-9(16)4-6-15-13(8)12(10)14/h2-4,6H,5,7H2,1H3,(H,15,16). The van der Waals surface area contributed by atoms with E-state index in [-0.39, 0.29) is 11.4 Å². The Morgan fingerprint density at radius 3 is 2.95 bits per heavy atom. The fraction of sp³-hybridized carbons (Fsp3) is 0.231. The van der Waals surface area contributed by atoms with Gasteiger partial charge in [0.15, 0.2) is 5.43 Å². The minimum absolute atomic E-state index is 0.0678. The molecule has 1 N–H and O–H groups in total. The molecule has 4 nitrogen and oxygen atoms in total. The number of ether oxygens (including phenoxy) is 1. The number of methoxy groups -OCH3 is 1. The monoisotopic (exact) mass is 297 g/mol. The van der Waals surface area contributed by atoms with E-state index in [1.807, 2.05) is 0 Å². The van der Waals surface area contributed by atoms with E-state index in [0.717, 1.165) is 4.90 Å². The second-order valence-electron chi connectivity index (χ2n) is 3.82. The molecule has 1 aromatic carbocycles. The zero-order valence-electron chi connectivity index (χ0n) is 10.2. The van der Waals surface area contributed by atoms with Crippen molar-refractivity contribution in [3.63, 3.8) is 0 Å². The third-order valence-corrected chi connectivity index (χ3v) is 4.19. The first-order chi connectivity index (χ1) is 9.13. The van der Waals surface area contributed by atoms with Gasteiger partial charge in [-0.25, -0.2) is 0 Å². The van der Waals surface area contributed by atoms with Gasteiger partial charge in [0.1, 0.15) is 0 Å². The van der Waals surface area contributed by atoms with Crippen molar-refractivity contribution in [2.24, 2.45) is 0 Å². The summed E-state index contributed by atoms with van der Waals surface area (Å²) in [7, 11) is 1.36. The number of nitrogens with one attached hydrogen (secondary N) is 1. The molecule has 2 rings (SSSR count). The number of H-pyrrole nitrogens is 1. The molecule has 19 heavy (non-hydrogen) atoms. The van der Waals surface area contributed by atoms with Gasteiger partial charge in [-0.1, -0.05) is 11.6 Å². The van der Waals surface area contributed by atoms with Crippen molar-refractivity contribution in [1.82, 2.24) is 4.98 Å². The van der Waals surface area contributed by atoms with E-state index >= 15 is 0 Å². The number of aromatic nitrogens is 1. The second-order valence-corrected chi connectivity index (χ2v) is 5.33. The molecule has 0 aliphatic carbocycles. The minimum atomic E-state index is -0.252. The van der Waals surface area contributed by atoms with Gasteiger partial charge >= 0.3 is 5.97 Å². The summed E-state index contributed by atoms with van der Waals surface area (Å²) >= 11 is 7.71. The normalized spacial score (nSPS) is 10.6. The highest BCUT2D eigenvalue weighted by atomic mass is 35.5. The van der Waals surface area contributed by atoms with Crippen LogP contribution < -0.4 is 5.43 Å². The van der Waals surface area contributed by atoms with Crippen molar-refractivity contribution in [2.75, 3.05) is 12.9 Å². The largest absolute Gasteiger partial charge is 0.469 e. The number of esters is 1. The van der Waals surface area contributed by atoms with Crippen LogP contribution >= 0.6 is 23.4 Å². The number of aromatic amines is 1. The quantitative estimate of drug-likeness (QED) is 0.696. The van der Waals surface area contributed by atoms with Gasteiger partial charge in [0.05, 0.1) is 24.1 Å². The Morgan fingerprint density at radius 2 is 2.21 bits per heavy atom. The number of benzene rings is 1. The molecule has 0 atom stereocenters. The van der Waals surface area contributed by atoms with Gasteiger partial charge in [0, 0.05) is 28.3 Å². The molecule has 1 aromatic heterocycles. The Labute approximate surface area is 119 Å². The van der Waals surface area contributed by atoms with Crippen LogP contribution in [0.15, 0.2) is 34.1 Å². The number of rotatable bonds is 4. The summed E-state index contributed by atoms with van der Waals surface area (Å²) in [4.78, 5) is 26.5. The number of pyridine rings is 1. The SMILES string of the molecule is COC(=O)CCSc1ccc2c(=O)cc[nH]c2c1Cl. The lowest BCUT2D eigenvalue weighted by molar-refractivity contribution is -0.140. The summed E-state index contributed by atoms with van der Waals surface area (Å²) in [6.07, 6.45) is 1.89. The van der Waals surface area contributed by atoms with Crippen LogP contribution in [0.3, 0.4) is 0 Å². The van der Waals surface area contributed by atoms with Crippen LogP contribution in [-0.4, -0.2) is 23.8 Å². The number of hydrogen-bond acceptors (Lipinski definition) is 4. The summed E-state index contributed by atoms with van der Waals surface area (Å²) in [5.41, 5.74) is 0.555. The predicted octanol–water partition coefficient (Wildman–Crippen LogP) is 2.84. The van der Waals surface area contributed by atoms with E-state index in [0.29, 0.717) is 28.1 Å². The fourth-order valence-corrected chi connectivity index (χ4v) is 2.92. The number of thioether (sulfide) groups is 1. The van der Waals surface area contributed by atoms with E-state index in [1.165, 1.54) is 24.9 Å². The van der Waals surface area contributed by atoms with Gasteiger partial charge in [0.2, 0.25) is 0 Å². The van der Waals surface area contributed by atoms with Crippen LogP contribution in [0.2, 0.25) is 5.02 Å². The Hall–Kier alpha value is -1.46. The Morgan fingerprint density at radius 1 is 1.42 bits per heavy atom. The van der Waals surface area contributed by atoms with E-state index in [2.05, 4.69) is 9.72 Å². The molecular formula is C13H12ClNO3S. The summed E-state index contributed by atoms with van der Waals surface area (Å²) in [5.74, 6) is 0.326. The zero-order chi connectivity index (χ0) is 13.8. The predicted molar refractivity (Wildman–Crippen MR) is 76.9 cm³/mol. The van der Waals surface area contributed by atoms with Crippen LogP contribution in [0, 0.1) is 0 Å². The smallest absolute Gasteiger partial charge is 0.306 e. The van der Waals surface area contributed by atoms with Crippen molar-refractivity contribution in [3.05, 3.63) is 39.6 Å². The summed E-state index contributed by atoms with van der Waals surface area (Å²) < 4.78 is 4.57. The topological polar surface area (TPSA) is 59.2 Å². The van der Waals surface area contributed by atoms with Crippen molar-refractivity contribution < 1.29 is 9.53 Å². The maximum atomic E-state index is 11.6. The van der Waals surface area contributed by atoms with E-state index in [9.17, 15) is 9.59 Å². The van der Waals surface area contributed by atoms with Crippen molar-refractivity contribution >= 4 is 40.2 Å². The van der Waals surface area contributed by atoms with Gasteiger partial charge in [-0.3, -0.25) is 9.59 Å². The molecule has 0 saturated carbocycles. The minimum Gasteiger partial charge on any atom is -0.469 e. The molecule has 6 heteroatoms. The third kappa shape index (κ3) is 3.11. The average molecular weight is 298 g/mol. The maximum absolute atomic E-state index is 11.6. The second kappa shape index (κ2) is 6.12. The molecule has 0 aliphatic heterocycles. The van der Waals surface area contributed by atoms with Crippen LogP contribution in [0.25, 0.3) is 10.9 Å². The fourth-order valence-electron chi connectivity index (χ4n) is 1.65. The van der Waals surface area contributed by atoms with Gasteiger partial charge in [-0.05, 0) is 12.1 Å². The summed E-state index contributed by atoms with van der Waals surface area (Å²) in [5, 5.41) is 1.06. The van der Waals surface area contributed by atoms with Gasteiger partial charge in [-0.15, -0.1) is 11.8 Å². The Kier molecular flexibility index (Phi) is 4.50. The molecule has 0 bridgehead atoms. The number of carbonyl (C=O) groups is 1. The first kappa shape index (κ1) is 14.0. The maximum Gasteiger partial charge on any atom is 0.306 e. The lowest BCUT2D eigenvalue weighted by atomic mass is 10.2. The number of halogens is 1. The molecule has 0 saturated heterocycles. The highest BCUT2D eigenvalue weighted by molar-refractivity contribution is 7.99. The zero-order valence-corrected chi connectivity index (χ0v) is 11.8. The average Bonchev–Trinajstić information content (AvgIpc) is 2.42. The molecule has 0 spiro atoms. The number of hydrogen-bond donors (Lipinski definition) is 1. The van der Waals surface area contributed by atoms with Crippen molar-refractivity contribution in [1.29, 1.82) is 0 Å². The van der Waals surface area contributed by atoms with Gasteiger partial charge < -0.3 is 9.72 Å². The molecular weight excluding hydrogens is 286 g/mol. The van der Waals surface area contributed by atoms with E-state index in [4.69, 9.17) is 11.6 Å². The number of fused-ring (bicyclic) bond motifs is 1. The van der Waals surface area contributed by atoms with Crippen LogP contribution in [0.4, 0.5) is 0 Å². The lowest BCUT2D eigenvalue weighted by Gasteiger charge is -2.06. The molecule has 0 amide bonds. The van der Waals surface area contributed by atoms with Crippen LogP contribution in [0.1, 0.15) is 6.42 Å². The molecule has 0 radical (unpaired) electrons. The van der Waals surface area contributed by atoms with Gasteiger partial charge in [0.25, 0.3) is 0 Å². The van der Waals surface area contributed by atoms with Crippen molar-refractivity contribution in [2.45, 2.75) is 11.3 Å². The Bertz CT molecular complexity index is 668. The molecule has 0 fully saturated rings. The first-order valence-electron chi connectivity index (χ1n) is 5.63. The molecule has 0 aliphatic rings. The third-order valence-electron chi connectivity index (χ3n) is 2.63.